The molecule has 0 saturated heterocycles. The summed E-state index contributed by atoms with van der Waals surface area (Å²) in [7, 11) is 0. The Hall–Kier alpha value is -3.48. The molecule has 2 aromatic rings. The van der Waals surface area contributed by atoms with Crippen LogP contribution in [0.3, 0.4) is 0 Å². The number of amides is 2. The van der Waals surface area contributed by atoms with Gasteiger partial charge in [-0.3, -0.25) is 14.4 Å². The molecule has 7 heteroatoms. The predicted molar refractivity (Wildman–Crippen MR) is 118 cm³/mol. The molecule has 0 aliphatic heterocycles. The first kappa shape index (κ1) is 23.8. The van der Waals surface area contributed by atoms with Gasteiger partial charge in [-0.1, -0.05) is 44.2 Å². The number of hydrogen-bond acceptors (Lipinski definition) is 5. The fourth-order valence-electron chi connectivity index (χ4n) is 2.91. The quantitative estimate of drug-likeness (QED) is 0.499. The molecule has 0 unspecified atom stereocenters. The Labute approximate surface area is 182 Å². The van der Waals surface area contributed by atoms with Gasteiger partial charge in [0.05, 0.1) is 0 Å². The molecule has 0 bridgehead atoms. The SMILES string of the molecule is CC(=O)c1cccc(NC(=O)[C@H](C)OC(=O)[C@@H](NC(=O)c2ccccc2C)C(C)C)c1. The molecule has 2 rings (SSSR count). The first-order valence-electron chi connectivity index (χ1n) is 10.1. The van der Waals surface area contributed by atoms with E-state index < -0.39 is 24.0 Å². The number of carbonyl (C=O) groups excluding carboxylic acids is 4. The Morgan fingerprint density at radius 3 is 2.23 bits per heavy atom. The number of hydrogen-bond donors (Lipinski definition) is 2. The van der Waals surface area contributed by atoms with Gasteiger partial charge in [-0.15, -0.1) is 0 Å². The van der Waals surface area contributed by atoms with E-state index in [4.69, 9.17) is 4.74 Å². The van der Waals surface area contributed by atoms with Crippen molar-refractivity contribution in [1.29, 1.82) is 0 Å². The second kappa shape index (κ2) is 10.5. The van der Waals surface area contributed by atoms with Crippen molar-refractivity contribution in [3.8, 4) is 0 Å². The van der Waals surface area contributed by atoms with Crippen LogP contribution in [0.1, 0.15) is 54.0 Å². The van der Waals surface area contributed by atoms with Gasteiger partial charge >= 0.3 is 5.97 Å². The number of Topliss-reactive ketones (excluding diaryl/α,β-unsaturated/α-hetero) is 1. The van der Waals surface area contributed by atoms with Gasteiger partial charge in [0, 0.05) is 16.8 Å². The van der Waals surface area contributed by atoms with Crippen LogP contribution in [-0.2, 0) is 14.3 Å². The number of anilines is 1. The van der Waals surface area contributed by atoms with Gasteiger partial charge in [-0.2, -0.15) is 0 Å². The lowest BCUT2D eigenvalue weighted by atomic mass is 10.0. The zero-order chi connectivity index (χ0) is 23.1. The molecule has 0 heterocycles. The van der Waals surface area contributed by atoms with E-state index in [9.17, 15) is 19.2 Å². The molecule has 2 atom stereocenters. The summed E-state index contributed by atoms with van der Waals surface area (Å²) < 4.78 is 5.32. The zero-order valence-corrected chi connectivity index (χ0v) is 18.4. The molecule has 164 valence electrons. The van der Waals surface area contributed by atoms with Gasteiger partial charge in [0.15, 0.2) is 11.9 Å². The van der Waals surface area contributed by atoms with Crippen molar-refractivity contribution in [2.24, 2.45) is 5.92 Å². The van der Waals surface area contributed by atoms with Crippen molar-refractivity contribution in [3.63, 3.8) is 0 Å². The lowest BCUT2D eigenvalue weighted by molar-refractivity contribution is -0.156. The highest BCUT2D eigenvalue weighted by Crippen LogP contribution is 2.14. The number of ether oxygens (including phenoxy) is 1. The van der Waals surface area contributed by atoms with E-state index in [-0.39, 0.29) is 17.6 Å². The molecule has 0 saturated carbocycles. The minimum atomic E-state index is -1.09. The van der Waals surface area contributed by atoms with E-state index in [0.29, 0.717) is 16.8 Å². The fourth-order valence-corrected chi connectivity index (χ4v) is 2.91. The summed E-state index contributed by atoms with van der Waals surface area (Å²) in [4.78, 5) is 49.2. The van der Waals surface area contributed by atoms with E-state index in [1.165, 1.54) is 13.8 Å². The number of esters is 1. The lowest BCUT2D eigenvalue weighted by Crippen LogP contribution is -2.47. The van der Waals surface area contributed by atoms with Gasteiger partial charge in [0.25, 0.3) is 11.8 Å². The predicted octanol–water partition coefficient (Wildman–Crippen LogP) is 3.52. The number of carbonyl (C=O) groups is 4. The van der Waals surface area contributed by atoms with Gasteiger partial charge in [0.1, 0.15) is 6.04 Å². The monoisotopic (exact) mass is 424 g/mol. The topological polar surface area (TPSA) is 102 Å². The van der Waals surface area contributed by atoms with E-state index in [1.54, 1.807) is 50.2 Å². The third kappa shape index (κ3) is 6.50. The average Bonchev–Trinajstić information content (AvgIpc) is 2.71. The number of aryl methyl sites for hydroxylation is 1. The number of rotatable bonds is 8. The highest BCUT2D eigenvalue weighted by Gasteiger charge is 2.29. The largest absolute Gasteiger partial charge is 0.451 e. The first-order chi connectivity index (χ1) is 14.6. The third-order valence-electron chi connectivity index (χ3n) is 4.80. The molecular formula is C24H28N2O5. The maximum absolute atomic E-state index is 12.7. The van der Waals surface area contributed by atoms with Crippen LogP contribution in [0.15, 0.2) is 48.5 Å². The van der Waals surface area contributed by atoms with Gasteiger partial charge in [-0.05, 0) is 50.5 Å². The van der Waals surface area contributed by atoms with Gasteiger partial charge < -0.3 is 15.4 Å². The van der Waals surface area contributed by atoms with Crippen LogP contribution in [0.2, 0.25) is 0 Å². The second-order valence-electron chi connectivity index (χ2n) is 7.72. The molecular weight excluding hydrogens is 396 g/mol. The zero-order valence-electron chi connectivity index (χ0n) is 18.4. The molecule has 31 heavy (non-hydrogen) atoms. The molecule has 0 aliphatic carbocycles. The van der Waals surface area contributed by atoms with Crippen molar-refractivity contribution in [2.75, 3.05) is 5.32 Å². The smallest absolute Gasteiger partial charge is 0.329 e. The van der Waals surface area contributed by atoms with Gasteiger partial charge in [-0.25, -0.2) is 4.79 Å². The Morgan fingerprint density at radius 1 is 0.935 bits per heavy atom. The summed E-state index contributed by atoms with van der Waals surface area (Å²) in [6, 6.07) is 12.6. The Kier molecular flexibility index (Phi) is 8.07. The van der Waals surface area contributed by atoms with Crippen LogP contribution in [0.25, 0.3) is 0 Å². The minimum absolute atomic E-state index is 0.125. The Bertz CT molecular complexity index is 983. The van der Waals surface area contributed by atoms with Crippen molar-refractivity contribution in [2.45, 2.75) is 46.8 Å². The van der Waals surface area contributed by atoms with E-state index >= 15 is 0 Å². The molecule has 0 aromatic heterocycles. The average molecular weight is 424 g/mol. The van der Waals surface area contributed by atoms with E-state index in [0.717, 1.165) is 5.56 Å². The van der Waals surface area contributed by atoms with Crippen LogP contribution in [0, 0.1) is 12.8 Å². The number of ketones is 1. The summed E-state index contributed by atoms with van der Waals surface area (Å²) >= 11 is 0. The van der Waals surface area contributed by atoms with Crippen molar-refractivity contribution in [3.05, 3.63) is 65.2 Å². The molecule has 2 N–H and O–H groups in total. The summed E-state index contributed by atoms with van der Waals surface area (Å²) in [5.41, 5.74) is 2.14. The van der Waals surface area contributed by atoms with Crippen LogP contribution in [-0.4, -0.2) is 35.7 Å². The summed E-state index contributed by atoms with van der Waals surface area (Å²) in [5, 5.41) is 5.33. The summed E-state index contributed by atoms with van der Waals surface area (Å²) in [6.07, 6.45) is -1.09. The van der Waals surface area contributed by atoms with Crippen LogP contribution in [0.4, 0.5) is 5.69 Å². The van der Waals surface area contributed by atoms with Crippen molar-refractivity contribution in [1.82, 2.24) is 5.32 Å². The maximum atomic E-state index is 12.7. The van der Waals surface area contributed by atoms with Crippen LogP contribution < -0.4 is 10.6 Å². The standard InChI is InChI=1S/C24H28N2O5/c1-14(2)21(26-23(29)20-12-7-6-9-15(20)3)24(30)31-17(5)22(28)25-19-11-8-10-18(13-19)16(4)27/h6-14,17,21H,1-5H3,(H,25,28)(H,26,29)/t17-,21-/m0/s1. The molecule has 0 radical (unpaired) electrons. The normalized spacial score (nSPS) is 12.6. The molecule has 2 amide bonds. The lowest BCUT2D eigenvalue weighted by Gasteiger charge is -2.23. The van der Waals surface area contributed by atoms with Crippen LogP contribution in [0.5, 0.6) is 0 Å². The fraction of sp³-hybridized carbons (Fsp3) is 0.333. The Morgan fingerprint density at radius 2 is 1.61 bits per heavy atom. The number of benzene rings is 2. The van der Waals surface area contributed by atoms with Gasteiger partial charge in [0.2, 0.25) is 0 Å². The highest BCUT2D eigenvalue weighted by atomic mass is 16.5. The number of nitrogens with one attached hydrogen (secondary N) is 2. The first-order valence-corrected chi connectivity index (χ1v) is 10.1. The summed E-state index contributed by atoms with van der Waals surface area (Å²) in [5.74, 6) is -1.99. The maximum Gasteiger partial charge on any atom is 0.329 e. The van der Waals surface area contributed by atoms with E-state index in [2.05, 4.69) is 10.6 Å². The second-order valence-corrected chi connectivity index (χ2v) is 7.72. The highest BCUT2D eigenvalue weighted by molar-refractivity contribution is 6.00. The van der Waals surface area contributed by atoms with E-state index in [1.807, 2.05) is 19.1 Å². The van der Waals surface area contributed by atoms with Crippen molar-refractivity contribution >= 4 is 29.3 Å². The van der Waals surface area contributed by atoms with Crippen molar-refractivity contribution < 1.29 is 23.9 Å². The Balaban J connectivity index is 2.03. The summed E-state index contributed by atoms with van der Waals surface area (Å²) in [6.45, 7) is 8.25. The third-order valence-corrected chi connectivity index (χ3v) is 4.80. The molecule has 7 nitrogen and oxygen atoms in total. The molecule has 0 aliphatic rings. The molecule has 2 aromatic carbocycles. The molecule has 0 spiro atoms. The minimum Gasteiger partial charge on any atom is -0.451 e. The van der Waals surface area contributed by atoms with Crippen LogP contribution >= 0.6 is 0 Å². The molecule has 0 fully saturated rings.